The molecule has 0 saturated heterocycles. The summed E-state index contributed by atoms with van der Waals surface area (Å²) in [5, 5.41) is 9.39. The van der Waals surface area contributed by atoms with E-state index in [0.29, 0.717) is 30.4 Å². The van der Waals surface area contributed by atoms with Gasteiger partial charge in [-0.25, -0.2) is 4.79 Å². The van der Waals surface area contributed by atoms with Crippen molar-refractivity contribution in [1.82, 2.24) is 0 Å². The number of carbonyl (C=O) groups is 1. The third-order valence-electron chi connectivity index (χ3n) is 3.92. The summed E-state index contributed by atoms with van der Waals surface area (Å²) >= 11 is 0. The Labute approximate surface area is 119 Å². The van der Waals surface area contributed by atoms with Gasteiger partial charge in [-0.1, -0.05) is 6.07 Å². The van der Waals surface area contributed by atoms with Crippen LogP contribution in [0.4, 0.5) is 11.4 Å². The van der Waals surface area contributed by atoms with Crippen molar-refractivity contribution in [1.29, 1.82) is 0 Å². The lowest BCUT2D eigenvalue weighted by Gasteiger charge is -2.33. The number of aromatic carboxylic acids is 1. The minimum absolute atomic E-state index is 0.258. The van der Waals surface area contributed by atoms with Crippen LogP contribution in [-0.2, 0) is 4.74 Å². The lowest BCUT2D eigenvalue weighted by atomic mass is 10.1. The SMILES string of the molecule is COCCN(c1c(N)cccc1C(=O)O)C(C)C1CC1. The molecular weight excluding hydrogens is 256 g/mol. The van der Waals surface area contributed by atoms with Gasteiger partial charge >= 0.3 is 5.97 Å². The predicted molar refractivity (Wildman–Crippen MR) is 79.2 cm³/mol. The van der Waals surface area contributed by atoms with E-state index in [4.69, 9.17) is 10.5 Å². The number of carboxylic acid groups (broad SMARTS) is 1. The number of hydrogen-bond donors (Lipinski definition) is 2. The fourth-order valence-corrected chi connectivity index (χ4v) is 2.60. The van der Waals surface area contributed by atoms with Crippen LogP contribution in [0.2, 0.25) is 0 Å². The number of ether oxygens (including phenoxy) is 1. The number of rotatable bonds is 7. The van der Waals surface area contributed by atoms with Crippen LogP contribution in [0, 0.1) is 5.92 Å². The minimum Gasteiger partial charge on any atom is -0.478 e. The first-order chi connectivity index (χ1) is 9.56. The molecule has 0 amide bonds. The lowest BCUT2D eigenvalue weighted by Crippen LogP contribution is -2.38. The highest BCUT2D eigenvalue weighted by Crippen LogP contribution is 2.39. The van der Waals surface area contributed by atoms with Gasteiger partial charge in [0.05, 0.1) is 23.5 Å². The molecule has 20 heavy (non-hydrogen) atoms. The smallest absolute Gasteiger partial charge is 0.337 e. The van der Waals surface area contributed by atoms with Crippen molar-refractivity contribution in [3.63, 3.8) is 0 Å². The molecule has 1 fully saturated rings. The van der Waals surface area contributed by atoms with Gasteiger partial charge in [0, 0.05) is 19.7 Å². The first-order valence-corrected chi connectivity index (χ1v) is 6.93. The van der Waals surface area contributed by atoms with Gasteiger partial charge in [-0.05, 0) is 37.8 Å². The van der Waals surface area contributed by atoms with E-state index >= 15 is 0 Å². The highest BCUT2D eigenvalue weighted by Gasteiger charge is 2.34. The molecule has 110 valence electrons. The van der Waals surface area contributed by atoms with Gasteiger partial charge < -0.3 is 20.5 Å². The summed E-state index contributed by atoms with van der Waals surface area (Å²) in [4.78, 5) is 13.5. The second kappa shape index (κ2) is 6.13. The monoisotopic (exact) mass is 278 g/mol. The van der Waals surface area contributed by atoms with Gasteiger partial charge in [0.1, 0.15) is 0 Å². The number of nitrogens with zero attached hydrogens (tertiary/aromatic N) is 1. The number of anilines is 2. The van der Waals surface area contributed by atoms with Crippen LogP contribution in [0.3, 0.4) is 0 Å². The number of hydrogen-bond acceptors (Lipinski definition) is 4. The molecule has 1 aromatic carbocycles. The van der Waals surface area contributed by atoms with Crippen molar-refractivity contribution < 1.29 is 14.6 Å². The normalized spacial score (nSPS) is 15.9. The van der Waals surface area contributed by atoms with Crippen LogP contribution >= 0.6 is 0 Å². The molecule has 5 nitrogen and oxygen atoms in total. The molecule has 1 atom stereocenters. The van der Waals surface area contributed by atoms with Gasteiger partial charge in [-0.15, -0.1) is 0 Å². The van der Waals surface area contributed by atoms with Gasteiger partial charge in [0.15, 0.2) is 0 Å². The Morgan fingerprint density at radius 2 is 2.25 bits per heavy atom. The number of methoxy groups -OCH3 is 1. The summed E-state index contributed by atoms with van der Waals surface area (Å²) in [7, 11) is 1.65. The Bertz CT molecular complexity index is 486. The number of para-hydroxylation sites is 1. The van der Waals surface area contributed by atoms with Crippen molar-refractivity contribution in [2.24, 2.45) is 5.92 Å². The Hall–Kier alpha value is -1.75. The molecule has 1 saturated carbocycles. The van der Waals surface area contributed by atoms with Crippen molar-refractivity contribution in [2.75, 3.05) is 30.9 Å². The summed E-state index contributed by atoms with van der Waals surface area (Å²) in [5.41, 5.74) is 7.43. The van der Waals surface area contributed by atoms with Crippen LogP contribution in [0.25, 0.3) is 0 Å². The van der Waals surface area contributed by atoms with Crippen molar-refractivity contribution in [3.05, 3.63) is 23.8 Å². The summed E-state index contributed by atoms with van der Waals surface area (Å²) in [6, 6.07) is 5.31. The van der Waals surface area contributed by atoms with Crippen LogP contribution < -0.4 is 10.6 Å². The molecule has 0 aromatic heterocycles. The van der Waals surface area contributed by atoms with Crippen LogP contribution in [-0.4, -0.2) is 37.4 Å². The number of carboxylic acids is 1. The molecule has 1 aromatic rings. The van der Waals surface area contributed by atoms with E-state index in [0.717, 1.165) is 0 Å². The topological polar surface area (TPSA) is 75.8 Å². The van der Waals surface area contributed by atoms with Gasteiger partial charge in [-0.2, -0.15) is 0 Å². The molecule has 1 aliphatic rings. The number of benzene rings is 1. The Kier molecular flexibility index (Phi) is 4.49. The molecule has 0 bridgehead atoms. The highest BCUT2D eigenvalue weighted by atomic mass is 16.5. The molecule has 0 aliphatic heterocycles. The maximum atomic E-state index is 11.4. The number of nitrogens with two attached hydrogens (primary N) is 1. The van der Waals surface area contributed by atoms with Gasteiger partial charge in [0.2, 0.25) is 0 Å². The fraction of sp³-hybridized carbons (Fsp3) is 0.533. The molecule has 1 unspecified atom stereocenters. The quantitative estimate of drug-likeness (QED) is 0.748. The third kappa shape index (κ3) is 3.04. The standard InChI is InChI=1S/C15H22N2O3/c1-10(11-6-7-11)17(8-9-20-2)14-12(15(18)19)4-3-5-13(14)16/h3-5,10-11H,6-9,16H2,1-2H3,(H,18,19). The second-order valence-corrected chi connectivity index (χ2v) is 5.31. The number of nitrogen functional groups attached to an aromatic ring is 1. The maximum absolute atomic E-state index is 11.4. The van der Waals surface area contributed by atoms with Crippen LogP contribution in [0.1, 0.15) is 30.1 Å². The average molecular weight is 278 g/mol. The van der Waals surface area contributed by atoms with E-state index in [1.165, 1.54) is 12.8 Å². The average Bonchev–Trinajstić information content (AvgIpc) is 3.24. The Morgan fingerprint density at radius 1 is 1.55 bits per heavy atom. The van der Waals surface area contributed by atoms with Crippen molar-refractivity contribution >= 4 is 17.3 Å². The van der Waals surface area contributed by atoms with E-state index in [2.05, 4.69) is 11.8 Å². The van der Waals surface area contributed by atoms with Gasteiger partial charge in [0.25, 0.3) is 0 Å². The summed E-state index contributed by atoms with van der Waals surface area (Å²) in [6.45, 7) is 3.32. The molecule has 1 aliphatic carbocycles. The minimum atomic E-state index is -0.947. The Morgan fingerprint density at radius 3 is 2.80 bits per heavy atom. The van der Waals surface area contributed by atoms with Crippen LogP contribution in [0.15, 0.2) is 18.2 Å². The summed E-state index contributed by atoms with van der Waals surface area (Å²) < 4.78 is 5.15. The molecule has 2 rings (SSSR count). The zero-order valence-electron chi connectivity index (χ0n) is 12.0. The first kappa shape index (κ1) is 14.7. The van der Waals surface area contributed by atoms with Crippen molar-refractivity contribution in [2.45, 2.75) is 25.8 Å². The molecular formula is C15H22N2O3. The summed E-state index contributed by atoms with van der Waals surface area (Å²) in [6.07, 6.45) is 2.39. The zero-order valence-corrected chi connectivity index (χ0v) is 12.0. The second-order valence-electron chi connectivity index (χ2n) is 5.31. The third-order valence-corrected chi connectivity index (χ3v) is 3.92. The molecule has 0 heterocycles. The summed E-state index contributed by atoms with van der Waals surface area (Å²) in [5.74, 6) is -0.328. The molecule has 5 heteroatoms. The van der Waals surface area contributed by atoms with E-state index in [1.807, 2.05) is 0 Å². The predicted octanol–water partition coefficient (Wildman–Crippen LogP) is 2.22. The van der Waals surface area contributed by atoms with E-state index < -0.39 is 5.97 Å². The first-order valence-electron chi connectivity index (χ1n) is 6.93. The zero-order chi connectivity index (χ0) is 14.7. The fourth-order valence-electron chi connectivity index (χ4n) is 2.60. The van der Waals surface area contributed by atoms with E-state index in [9.17, 15) is 9.90 Å². The van der Waals surface area contributed by atoms with Crippen molar-refractivity contribution in [3.8, 4) is 0 Å². The molecule has 0 radical (unpaired) electrons. The highest BCUT2D eigenvalue weighted by molar-refractivity contribution is 5.98. The largest absolute Gasteiger partial charge is 0.478 e. The van der Waals surface area contributed by atoms with E-state index in [1.54, 1.807) is 25.3 Å². The van der Waals surface area contributed by atoms with Crippen LogP contribution in [0.5, 0.6) is 0 Å². The molecule has 0 spiro atoms. The maximum Gasteiger partial charge on any atom is 0.337 e. The Balaban J connectivity index is 2.38. The molecule has 3 N–H and O–H groups in total. The lowest BCUT2D eigenvalue weighted by molar-refractivity contribution is 0.0697. The van der Waals surface area contributed by atoms with E-state index in [-0.39, 0.29) is 11.6 Å². The van der Waals surface area contributed by atoms with Gasteiger partial charge in [-0.3, -0.25) is 0 Å².